The molecule has 98 valence electrons. The lowest BCUT2D eigenvalue weighted by Crippen LogP contribution is -2.43. The molecule has 3 nitrogen and oxygen atoms in total. The Labute approximate surface area is 109 Å². The fourth-order valence-electron chi connectivity index (χ4n) is 2.56. The normalized spacial score (nSPS) is 18.7. The van der Waals surface area contributed by atoms with Crippen molar-refractivity contribution in [1.82, 2.24) is 4.90 Å². The quantitative estimate of drug-likeness (QED) is 0.884. The van der Waals surface area contributed by atoms with Crippen LogP contribution in [-0.2, 0) is 11.2 Å². The molecule has 0 saturated carbocycles. The Morgan fingerprint density at radius 2 is 1.94 bits per heavy atom. The molecule has 0 aliphatic carbocycles. The van der Waals surface area contributed by atoms with Gasteiger partial charge < -0.3 is 10.6 Å². The molecule has 18 heavy (non-hydrogen) atoms. The highest BCUT2D eigenvalue weighted by molar-refractivity contribution is 5.78. The summed E-state index contributed by atoms with van der Waals surface area (Å²) < 4.78 is 0. The number of nitrogens with zero attached hydrogens (tertiary/aromatic N) is 1. The van der Waals surface area contributed by atoms with Gasteiger partial charge in [-0.2, -0.15) is 0 Å². The Morgan fingerprint density at radius 3 is 2.50 bits per heavy atom. The van der Waals surface area contributed by atoms with E-state index in [1.807, 2.05) is 35.2 Å². The van der Waals surface area contributed by atoms with Crippen molar-refractivity contribution >= 4 is 5.91 Å². The zero-order valence-corrected chi connectivity index (χ0v) is 11.0. The van der Waals surface area contributed by atoms with E-state index < -0.39 is 0 Å². The van der Waals surface area contributed by atoms with Crippen LogP contribution < -0.4 is 5.73 Å². The van der Waals surface area contributed by atoms with Gasteiger partial charge >= 0.3 is 0 Å². The molecule has 0 bridgehead atoms. The van der Waals surface area contributed by atoms with Crippen molar-refractivity contribution in [2.45, 2.75) is 32.2 Å². The summed E-state index contributed by atoms with van der Waals surface area (Å²) in [6, 6.07) is 10.2. The number of carbonyl (C=O) groups excluding carboxylic acids is 1. The number of rotatable bonds is 3. The lowest BCUT2D eigenvalue weighted by atomic mass is 9.91. The first kappa shape index (κ1) is 13.1. The molecule has 0 aromatic heterocycles. The molecule has 3 heteroatoms. The first-order chi connectivity index (χ1) is 8.66. The van der Waals surface area contributed by atoms with Gasteiger partial charge in [0, 0.05) is 19.1 Å². The molecule has 1 aromatic rings. The summed E-state index contributed by atoms with van der Waals surface area (Å²) in [5.74, 6) is 0.815. The Morgan fingerprint density at radius 1 is 1.33 bits per heavy atom. The lowest BCUT2D eigenvalue weighted by molar-refractivity contribution is -0.131. The Balaban J connectivity index is 1.85. The molecule has 1 amide bonds. The molecule has 0 radical (unpaired) electrons. The molecule has 1 aliphatic rings. The van der Waals surface area contributed by atoms with E-state index in [9.17, 15) is 4.79 Å². The van der Waals surface area contributed by atoms with Crippen LogP contribution in [0.25, 0.3) is 0 Å². The van der Waals surface area contributed by atoms with Crippen molar-refractivity contribution in [2.24, 2.45) is 11.7 Å². The van der Waals surface area contributed by atoms with E-state index >= 15 is 0 Å². The molecular weight excluding hydrogens is 224 g/mol. The largest absolute Gasteiger partial charge is 0.342 e. The van der Waals surface area contributed by atoms with Crippen LogP contribution in [0.1, 0.15) is 25.3 Å². The number of piperidine rings is 1. The summed E-state index contributed by atoms with van der Waals surface area (Å²) in [5.41, 5.74) is 7.00. The van der Waals surface area contributed by atoms with E-state index in [1.165, 1.54) is 0 Å². The molecule has 1 aromatic carbocycles. The molecule has 1 saturated heterocycles. The highest BCUT2D eigenvalue weighted by Crippen LogP contribution is 2.20. The molecule has 1 heterocycles. The van der Waals surface area contributed by atoms with Gasteiger partial charge in [-0.1, -0.05) is 30.3 Å². The third-order valence-corrected chi connectivity index (χ3v) is 3.83. The van der Waals surface area contributed by atoms with Gasteiger partial charge in [0.2, 0.25) is 5.91 Å². The van der Waals surface area contributed by atoms with Crippen molar-refractivity contribution in [3.05, 3.63) is 35.9 Å². The van der Waals surface area contributed by atoms with E-state index in [1.54, 1.807) is 0 Å². The van der Waals surface area contributed by atoms with Crippen LogP contribution in [0, 0.1) is 5.92 Å². The number of carbonyl (C=O) groups is 1. The van der Waals surface area contributed by atoms with Crippen molar-refractivity contribution in [1.29, 1.82) is 0 Å². The summed E-state index contributed by atoms with van der Waals surface area (Å²) in [7, 11) is 0. The third-order valence-electron chi connectivity index (χ3n) is 3.83. The second-order valence-corrected chi connectivity index (χ2v) is 5.24. The zero-order chi connectivity index (χ0) is 13.0. The molecule has 1 atom stereocenters. The summed E-state index contributed by atoms with van der Waals surface area (Å²) in [5, 5.41) is 0. The summed E-state index contributed by atoms with van der Waals surface area (Å²) >= 11 is 0. The standard InChI is InChI=1S/C15H22N2O/c1-12(16)14-7-9-17(10-8-14)15(18)11-13-5-3-2-4-6-13/h2-6,12,14H,7-11,16H2,1H3. The number of amides is 1. The third kappa shape index (κ3) is 3.33. The maximum atomic E-state index is 12.1. The molecule has 1 unspecified atom stereocenters. The van der Waals surface area contributed by atoms with Gasteiger partial charge in [-0.05, 0) is 31.2 Å². The zero-order valence-electron chi connectivity index (χ0n) is 11.0. The van der Waals surface area contributed by atoms with Crippen LogP contribution in [0.4, 0.5) is 0 Å². The SMILES string of the molecule is CC(N)C1CCN(C(=O)Cc2ccccc2)CC1. The van der Waals surface area contributed by atoms with E-state index in [0.717, 1.165) is 31.5 Å². The van der Waals surface area contributed by atoms with Gasteiger partial charge in [-0.15, -0.1) is 0 Å². The molecule has 2 rings (SSSR count). The maximum Gasteiger partial charge on any atom is 0.226 e. The predicted molar refractivity (Wildman–Crippen MR) is 73.1 cm³/mol. The van der Waals surface area contributed by atoms with Crippen LogP contribution in [0.3, 0.4) is 0 Å². The van der Waals surface area contributed by atoms with Crippen molar-refractivity contribution in [3.8, 4) is 0 Å². The molecule has 1 fully saturated rings. The van der Waals surface area contributed by atoms with Crippen LogP contribution in [-0.4, -0.2) is 29.9 Å². The van der Waals surface area contributed by atoms with Crippen LogP contribution in [0.15, 0.2) is 30.3 Å². The van der Waals surface area contributed by atoms with E-state index in [0.29, 0.717) is 12.3 Å². The summed E-state index contributed by atoms with van der Waals surface area (Å²) in [6.45, 7) is 3.78. The van der Waals surface area contributed by atoms with Gasteiger partial charge in [0.25, 0.3) is 0 Å². The topological polar surface area (TPSA) is 46.3 Å². The number of likely N-dealkylation sites (tertiary alicyclic amines) is 1. The van der Waals surface area contributed by atoms with Gasteiger partial charge in [0.05, 0.1) is 6.42 Å². The minimum Gasteiger partial charge on any atom is -0.342 e. The van der Waals surface area contributed by atoms with Crippen LogP contribution in [0.5, 0.6) is 0 Å². The number of benzene rings is 1. The summed E-state index contributed by atoms with van der Waals surface area (Å²) in [4.78, 5) is 14.1. The monoisotopic (exact) mass is 246 g/mol. The van der Waals surface area contributed by atoms with Crippen molar-refractivity contribution < 1.29 is 4.79 Å². The molecule has 0 spiro atoms. The van der Waals surface area contributed by atoms with Gasteiger partial charge in [0.1, 0.15) is 0 Å². The maximum absolute atomic E-state index is 12.1. The van der Waals surface area contributed by atoms with Gasteiger partial charge in [-0.3, -0.25) is 4.79 Å². The first-order valence-electron chi connectivity index (χ1n) is 6.74. The predicted octanol–water partition coefficient (Wildman–Crippen LogP) is 1.81. The van der Waals surface area contributed by atoms with E-state index in [2.05, 4.69) is 6.92 Å². The molecule has 2 N–H and O–H groups in total. The smallest absolute Gasteiger partial charge is 0.226 e. The first-order valence-corrected chi connectivity index (χ1v) is 6.74. The minimum atomic E-state index is 0.240. The van der Waals surface area contributed by atoms with E-state index in [-0.39, 0.29) is 11.9 Å². The van der Waals surface area contributed by atoms with Crippen molar-refractivity contribution in [3.63, 3.8) is 0 Å². The fraction of sp³-hybridized carbons (Fsp3) is 0.533. The lowest BCUT2D eigenvalue weighted by Gasteiger charge is -2.33. The fourth-order valence-corrected chi connectivity index (χ4v) is 2.56. The highest BCUT2D eigenvalue weighted by atomic mass is 16.2. The van der Waals surface area contributed by atoms with Crippen LogP contribution in [0.2, 0.25) is 0 Å². The Hall–Kier alpha value is -1.35. The van der Waals surface area contributed by atoms with Gasteiger partial charge in [-0.25, -0.2) is 0 Å². The minimum absolute atomic E-state index is 0.240. The van der Waals surface area contributed by atoms with Crippen LogP contribution >= 0.6 is 0 Å². The number of nitrogens with two attached hydrogens (primary N) is 1. The van der Waals surface area contributed by atoms with Gasteiger partial charge in [0.15, 0.2) is 0 Å². The molecular formula is C15H22N2O. The number of hydrogen-bond acceptors (Lipinski definition) is 2. The molecule has 1 aliphatic heterocycles. The Bertz CT molecular complexity index is 381. The highest BCUT2D eigenvalue weighted by Gasteiger charge is 2.24. The second-order valence-electron chi connectivity index (χ2n) is 5.24. The second kappa shape index (κ2) is 6.01. The van der Waals surface area contributed by atoms with E-state index in [4.69, 9.17) is 5.73 Å². The Kier molecular flexibility index (Phi) is 4.37. The average Bonchev–Trinajstić information content (AvgIpc) is 2.40. The number of hydrogen-bond donors (Lipinski definition) is 1. The average molecular weight is 246 g/mol. The van der Waals surface area contributed by atoms with Crippen molar-refractivity contribution in [2.75, 3.05) is 13.1 Å². The summed E-state index contributed by atoms with van der Waals surface area (Å²) in [6.07, 6.45) is 2.60.